The van der Waals surface area contributed by atoms with Gasteiger partial charge in [-0.2, -0.15) is 5.26 Å². The first kappa shape index (κ1) is 11.8. The molecule has 0 saturated heterocycles. The lowest BCUT2D eigenvalue weighted by Gasteiger charge is -2.22. The van der Waals surface area contributed by atoms with Gasteiger partial charge in [0.1, 0.15) is 5.92 Å². The van der Waals surface area contributed by atoms with Gasteiger partial charge >= 0.3 is 0 Å². The Kier molecular flexibility index (Phi) is 4.36. The summed E-state index contributed by atoms with van der Waals surface area (Å²) in [6, 6.07) is 2.46. The van der Waals surface area contributed by atoms with E-state index in [1.807, 2.05) is 6.92 Å². The van der Waals surface area contributed by atoms with Gasteiger partial charge < -0.3 is 4.90 Å². The van der Waals surface area contributed by atoms with E-state index < -0.39 is 5.92 Å². The number of nitrogens with zero attached hydrogens (tertiary/aromatic N) is 2. The third-order valence-corrected chi connectivity index (χ3v) is 2.63. The van der Waals surface area contributed by atoms with Crippen LogP contribution in [0.15, 0.2) is 12.7 Å². The van der Waals surface area contributed by atoms with E-state index in [1.54, 1.807) is 11.0 Å². The van der Waals surface area contributed by atoms with Crippen molar-refractivity contribution in [1.82, 2.24) is 4.90 Å². The van der Waals surface area contributed by atoms with E-state index >= 15 is 0 Å². The largest absolute Gasteiger partial charge is 0.335 e. The van der Waals surface area contributed by atoms with Crippen LogP contribution in [0.2, 0.25) is 0 Å². The van der Waals surface area contributed by atoms with Crippen LogP contribution in [0.1, 0.15) is 32.6 Å². The van der Waals surface area contributed by atoms with Crippen molar-refractivity contribution in [3.8, 4) is 6.07 Å². The van der Waals surface area contributed by atoms with Crippen LogP contribution in [-0.4, -0.2) is 23.4 Å². The molecule has 0 radical (unpaired) electrons. The van der Waals surface area contributed by atoms with Gasteiger partial charge in [0.25, 0.3) is 0 Å². The zero-order valence-electron chi connectivity index (χ0n) is 9.28. The zero-order valence-corrected chi connectivity index (χ0v) is 9.28. The first-order valence-corrected chi connectivity index (χ1v) is 5.55. The summed E-state index contributed by atoms with van der Waals surface area (Å²) in [6.45, 7) is 6.21. The number of hydrogen-bond donors (Lipinski definition) is 0. The Morgan fingerprint density at radius 1 is 1.73 bits per heavy atom. The number of hydrogen-bond acceptors (Lipinski definition) is 2. The Balaban J connectivity index is 2.61. The molecule has 0 bridgehead atoms. The predicted octanol–water partition coefficient (Wildman–Crippen LogP) is 2.10. The Hall–Kier alpha value is -1.30. The van der Waals surface area contributed by atoms with Crippen LogP contribution in [0.25, 0.3) is 0 Å². The second-order valence-electron chi connectivity index (χ2n) is 3.98. The van der Waals surface area contributed by atoms with Crippen molar-refractivity contribution in [2.45, 2.75) is 38.6 Å². The minimum Gasteiger partial charge on any atom is -0.335 e. The number of carbonyl (C=O) groups is 1. The van der Waals surface area contributed by atoms with Gasteiger partial charge in [0.2, 0.25) is 5.91 Å². The third-order valence-electron chi connectivity index (χ3n) is 2.63. The summed E-state index contributed by atoms with van der Waals surface area (Å²) in [4.78, 5) is 13.8. The Labute approximate surface area is 91.4 Å². The van der Waals surface area contributed by atoms with Gasteiger partial charge in [-0.25, -0.2) is 0 Å². The number of nitriles is 1. The highest BCUT2D eigenvalue weighted by molar-refractivity contribution is 5.81. The maximum absolute atomic E-state index is 12.0. The fourth-order valence-corrected chi connectivity index (χ4v) is 1.68. The van der Waals surface area contributed by atoms with E-state index in [9.17, 15) is 4.79 Å². The molecule has 1 unspecified atom stereocenters. The van der Waals surface area contributed by atoms with Crippen LogP contribution >= 0.6 is 0 Å². The van der Waals surface area contributed by atoms with E-state index in [-0.39, 0.29) is 5.91 Å². The molecule has 0 aromatic rings. The monoisotopic (exact) mass is 206 g/mol. The summed E-state index contributed by atoms with van der Waals surface area (Å²) < 4.78 is 0. The van der Waals surface area contributed by atoms with Gasteiger partial charge in [-0.15, -0.1) is 6.58 Å². The molecule has 1 aliphatic carbocycles. The van der Waals surface area contributed by atoms with Crippen molar-refractivity contribution in [3.05, 3.63) is 12.7 Å². The second-order valence-corrected chi connectivity index (χ2v) is 3.98. The molecule has 82 valence electrons. The molecule has 1 rings (SSSR count). The molecule has 0 spiro atoms. The number of rotatable bonds is 6. The molecule has 1 fully saturated rings. The Bertz CT molecular complexity index is 276. The molecule has 3 heteroatoms. The smallest absolute Gasteiger partial charge is 0.240 e. The van der Waals surface area contributed by atoms with Crippen LogP contribution in [0, 0.1) is 17.2 Å². The lowest BCUT2D eigenvalue weighted by Crippen LogP contribution is -2.37. The normalized spacial score (nSPS) is 16.5. The fraction of sp³-hybridized carbons (Fsp3) is 0.667. The van der Waals surface area contributed by atoms with Crippen molar-refractivity contribution in [1.29, 1.82) is 5.26 Å². The van der Waals surface area contributed by atoms with Crippen molar-refractivity contribution in [3.63, 3.8) is 0 Å². The van der Waals surface area contributed by atoms with Gasteiger partial charge in [-0.3, -0.25) is 4.79 Å². The van der Waals surface area contributed by atoms with Crippen molar-refractivity contribution >= 4 is 5.91 Å². The molecule has 0 heterocycles. The zero-order chi connectivity index (χ0) is 11.3. The molecule has 0 aromatic carbocycles. The lowest BCUT2D eigenvalue weighted by atomic mass is 10.0. The van der Waals surface area contributed by atoms with Crippen molar-refractivity contribution < 1.29 is 4.79 Å². The van der Waals surface area contributed by atoms with Crippen LogP contribution in [0.3, 0.4) is 0 Å². The first-order valence-electron chi connectivity index (χ1n) is 5.55. The molecule has 0 aliphatic heterocycles. The molecule has 1 saturated carbocycles. The average molecular weight is 206 g/mol. The number of carbonyl (C=O) groups excluding carboxylic acids is 1. The third kappa shape index (κ3) is 3.09. The highest BCUT2D eigenvalue weighted by Crippen LogP contribution is 2.28. The SMILES string of the molecule is C=CCN(C(=O)C(C#N)CCC)C1CC1. The van der Waals surface area contributed by atoms with E-state index in [0.29, 0.717) is 19.0 Å². The molecule has 15 heavy (non-hydrogen) atoms. The summed E-state index contributed by atoms with van der Waals surface area (Å²) in [5, 5.41) is 8.92. The molecular weight excluding hydrogens is 188 g/mol. The lowest BCUT2D eigenvalue weighted by molar-refractivity contribution is -0.134. The van der Waals surface area contributed by atoms with Crippen LogP contribution in [0.5, 0.6) is 0 Å². The molecule has 0 aromatic heterocycles. The number of amides is 1. The van der Waals surface area contributed by atoms with Crippen LogP contribution in [-0.2, 0) is 4.79 Å². The summed E-state index contributed by atoms with van der Waals surface area (Å²) >= 11 is 0. The standard InChI is InChI=1S/C12H18N2O/c1-3-5-10(9-13)12(15)14(8-4-2)11-6-7-11/h4,10-11H,2-3,5-8H2,1H3. The Morgan fingerprint density at radius 2 is 2.40 bits per heavy atom. The summed E-state index contributed by atoms with van der Waals surface area (Å²) in [6.07, 6.45) is 5.41. The molecule has 1 atom stereocenters. The molecule has 1 amide bonds. The molecule has 3 nitrogen and oxygen atoms in total. The highest BCUT2D eigenvalue weighted by Gasteiger charge is 2.34. The quantitative estimate of drug-likeness (QED) is 0.625. The van der Waals surface area contributed by atoms with Crippen LogP contribution < -0.4 is 0 Å². The van der Waals surface area contributed by atoms with E-state index in [0.717, 1.165) is 19.3 Å². The minimum atomic E-state index is -0.462. The topological polar surface area (TPSA) is 44.1 Å². The maximum Gasteiger partial charge on any atom is 0.240 e. The van der Waals surface area contributed by atoms with E-state index in [2.05, 4.69) is 12.6 Å². The summed E-state index contributed by atoms with van der Waals surface area (Å²) in [7, 11) is 0. The summed E-state index contributed by atoms with van der Waals surface area (Å²) in [5.41, 5.74) is 0. The van der Waals surface area contributed by atoms with E-state index in [4.69, 9.17) is 5.26 Å². The Morgan fingerprint density at radius 3 is 2.80 bits per heavy atom. The minimum absolute atomic E-state index is 0.0123. The van der Waals surface area contributed by atoms with Gasteiger partial charge in [-0.05, 0) is 19.3 Å². The van der Waals surface area contributed by atoms with Gasteiger partial charge in [-0.1, -0.05) is 19.4 Å². The second kappa shape index (κ2) is 5.55. The maximum atomic E-state index is 12.0. The molecule has 0 N–H and O–H groups in total. The molecular formula is C12H18N2O. The predicted molar refractivity (Wildman–Crippen MR) is 58.9 cm³/mol. The average Bonchev–Trinajstić information content (AvgIpc) is 3.05. The van der Waals surface area contributed by atoms with Crippen molar-refractivity contribution in [2.24, 2.45) is 5.92 Å². The fourth-order valence-electron chi connectivity index (χ4n) is 1.68. The van der Waals surface area contributed by atoms with Gasteiger partial charge in [0.05, 0.1) is 6.07 Å². The van der Waals surface area contributed by atoms with Gasteiger partial charge in [0.15, 0.2) is 0 Å². The molecule has 1 aliphatic rings. The van der Waals surface area contributed by atoms with Crippen molar-refractivity contribution in [2.75, 3.05) is 6.54 Å². The van der Waals surface area contributed by atoms with Gasteiger partial charge in [0, 0.05) is 12.6 Å². The summed E-state index contributed by atoms with van der Waals surface area (Å²) in [5.74, 6) is -0.475. The highest BCUT2D eigenvalue weighted by atomic mass is 16.2. The van der Waals surface area contributed by atoms with E-state index in [1.165, 1.54) is 0 Å². The first-order chi connectivity index (χ1) is 7.24. The van der Waals surface area contributed by atoms with Crippen LogP contribution in [0.4, 0.5) is 0 Å².